The minimum atomic E-state index is -0.498. The number of ether oxygens (including phenoxy) is 2. The maximum atomic E-state index is 11.8. The molecule has 0 amide bonds. The summed E-state index contributed by atoms with van der Waals surface area (Å²) in [5.74, 6) is 0.545. The topological polar surface area (TPSA) is 35.5 Å². The molecule has 0 aliphatic rings. The van der Waals surface area contributed by atoms with E-state index in [1.807, 2.05) is 24.3 Å². The zero-order chi connectivity index (χ0) is 15.2. The number of hydrogen-bond acceptors (Lipinski definition) is 3. The molecule has 0 bridgehead atoms. The first-order chi connectivity index (χ1) is 10.1. The third-order valence-corrected chi connectivity index (χ3v) is 3.40. The molecule has 0 aliphatic carbocycles. The summed E-state index contributed by atoms with van der Waals surface area (Å²) < 4.78 is 11.1. The van der Waals surface area contributed by atoms with E-state index in [0.717, 1.165) is 15.8 Å². The molecule has 2 rings (SSSR count). The maximum absolute atomic E-state index is 11.8. The molecular weight excluding hydrogens is 356 g/mol. The van der Waals surface area contributed by atoms with Gasteiger partial charge in [0.05, 0.1) is 12.1 Å². The van der Waals surface area contributed by atoms with Gasteiger partial charge in [0.25, 0.3) is 0 Å². The summed E-state index contributed by atoms with van der Waals surface area (Å²) in [6.45, 7) is 0. The fraction of sp³-hybridized carbons (Fsp3) is 0.0625. The van der Waals surface area contributed by atoms with Gasteiger partial charge in [-0.15, -0.1) is 0 Å². The van der Waals surface area contributed by atoms with Crippen LogP contribution in [-0.2, 0) is 4.79 Å². The number of benzene rings is 2. The molecule has 0 saturated heterocycles. The molecule has 5 heteroatoms. The second-order valence-corrected chi connectivity index (χ2v) is 5.43. The van der Waals surface area contributed by atoms with E-state index in [9.17, 15) is 4.79 Å². The molecule has 108 valence electrons. The van der Waals surface area contributed by atoms with Gasteiger partial charge in [-0.05, 0) is 42.0 Å². The lowest BCUT2D eigenvalue weighted by atomic mass is 10.2. The van der Waals surface area contributed by atoms with E-state index in [2.05, 4.69) is 15.9 Å². The third-order valence-electron chi connectivity index (χ3n) is 2.61. The summed E-state index contributed by atoms with van der Waals surface area (Å²) in [5.41, 5.74) is 0.841. The lowest BCUT2D eigenvalue weighted by Crippen LogP contribution is -2.04. The van der Waals surface area contributed by atoms with Gasteiger partial charge in [0, 0.05) is 10.5 Å². The van der Waals surface area contributed by atoms with Crippen LogP contribution in [0.15, 0.2) is 53.0 Å². The number of methoxy groups -OCH3 is 1. The second kappa shape index (κ2) is 7.29. The Hall–Kier alpha value is -1.78. The van der Waals surface area contributed by atoms with Crippen LogP contribution in [0, 0.1) is 0 Å². The predicted octanol–water partition coefficient (Wildman–Crippen LogP) is 4.73. The Bertz CT molecular complexity index is 683. The summed E-state index contributed by atoms with van der Waals surface area (Å²) >= 11 is 9.27. The Morgan fingerprint density at radius 2 is 2.05 bits per heavy atom. The maximum Gasteiger partial charge on any atom is 0.336 e. The Morgan fingerprint density at radius 1 is 1.24 bits per heavy atom. The highest BCUT2D eigenvalue weighted by Gasteiger charge is 2.06. The van der Waals surface area contributed by atoms with Gasteiger partial charge >= 0.3 is 5.97 Å². The first-order valence-corrected chi connectivity index (χ1v) is 7.24. The van der Waals surface area contributed by atoms with Crippen LogP contribution in [0.25, 0.3) is 6.08 Å². The van der Waals surface area contributed by atoms with Gasteiger partial charge in [-0.25, -0.2) is 4.79 Å². The first-order valence-electron chi connectivity index (χ1n) is 6.07. The Balaban J connectivity index is 2.05. The molecule has 21 heavy (non-hydrogen) atoms. The highest BCUT2D eigenvalue weighted by atomic mass is 79.9. The van der Waals surface area contributed by atoms with E-state index in [4.69, 9.17) is 21.1 Å². The molecule has 0 atom stereocenters. The minimum Gasteiger partial charge on any atom is -0.497 e. The van der Waals surface area contributed by atoms with Crippen LogP contribution < -0.4 is 9.47 Å². The van der Waals surface area contributed by atoms with Crippen LogP contribution in [0.4, 0.5) is 0 Å². The monoisotopic (exact) mass is 366 g/mol. The largest absolute Gasteiger partial charge is 0.497 e. The summed E-state index contributed by atoms with van der Waals surface area (Å²) in [6.07, 6.45) is 2.99. The van der Waals surface area contributed by atoms with Crippen molar-refractivity contribution >= 4 is 39.6 Å². The van der Waals surface area contributed by atoms with Gasteiger partial charge < -0.3 is 9.47 Å². The van der Waals surface area contributed by atoms with Crippen LogP contribution in [0.3, 0.4) is 0 Å². The van der Waals surface area contributed by atoms with Crippen molar-refractivity contribution in [1.29, 1.82) is 0 Å². The molecule has 0 N–H and O–H groups in total. The Labute approximate surface area is 136 Å². The third kappa shape index (κ3) is 4.62. The van der Waals surface area contributed by atoms with Gasteiger partial charge in [-0.2, -0.15) is 0 Å². The lowest BCUT2D eigenvalue weighted by Gasteiger charge is -2.04. The van der Waals surface area contributed by atoms with E-state index >= 15 is 0 Å². The fourth-order valence-corrected chi connectivity index (χ4v) is 2.32. The fourth-order valence-electron chi connectivity index (χ4n) is 1.61. The first kappa shape index (κ1) is 15.6. The second-order valence-electron chi connectivity index (χ2n) is 4.11. The molecule has 0 spiro atoms. The molecule has 0 fully saturated rings. The zero-order valence-electron chi connectivity index (χ0n) is 11.2. The normalized spacial score (nSPS) is 10.6. The highest BCUT2D eigenvalue weighted by molar-refractivity contribution is 9.10. The molecule has 0 aliphatic heterocycles. The SMILES string of the molecule is COc1cccc(C=CC(=O)Oc2ccc(Br)cc2Cl)c1. The molecule has 3 nitrogen and oxygen atoms in total. The predicted molar refractivity (Wildman–Crippen MR) is 86.8 cm³/mol. The average Bonchev–Trinajstić information content (AvgIpc) is 2.48. The van der Waals surface area contributed by atoms with Crippen molar-refractivity contribution in [3.8, 4) is 11.5 Å². The molecule has 0 saturated carbocycles. The number of carbonyl (C=O) groups is 1. The summed E-state index contributed by atoms with van der Waals surface area (Å²) in [6, 6.07) is 12.4. The number of carbonyl (C=O) groups excluding carboxylic acids is 1. The smallest absolute Gasteiger partial charge is 0.336 e. The van der Waals surface area contributed by atoms with E-state index in [-0.39, 0.29) is 0 Å². The molecule has 0 heterocycles. The van der Waals surface area contributed by atoms with Gasteiger partial charge in [-0.3, -0.25) is 0 Å². The number of hydrogen-bond donors (Lipinski definition) is 0. The summed E-state index contributed by atoms with van der Waals surface area (Å²) in [7, 11) is 1.59. The number of halogens is 2. The van der Waals surface area contributed by atoms with Gasteiger partial charge in [0.1, 0.15) is 11.5 Å². The van der Waals surface area contributed by atoms with Crippen molar-refractivity contribution in [2.75, 3.05) is 7.11 Å². The van der Waals surface area contributed by atoms with Crippen LogP contribution in [0.2, 0.25) is 5.02 Å². The summed E-state index contributed by atoms with van der Waals surface area (Å²) in [5, 5.41) is 0.368. The van der Waals surface area contributed by atoms with E-state index in [1.54, 1.807) is 31.4 Å². The minimum absolute atomic E-state index is 0.320. The van der Waals surface area contributed by atoms with Gasteiger partial charge in [0.15, 0.2) is 0 Å². The van der Waals surface area contributed by atoms with E-state index in [1.165, 1.54) is 6.08 Å². The molecule has 2 aromatic rings. The van der Waals surface area contributed by atoms with Crippen LogP contribution >= 0.6 is 27.5 Å². The molecule has 2 aromatic carbocycles. The van der Waals surface area contributed by atoms with Crippen LogP contribution in [0.5, 0.6) is 11.5 Å². The molecule has 0 aromatic heterocycles. The quantitative estimate of drug-likeness (QED) is 0.445. The molecule has 0 radical (unpaired) electrons. The van der Waals surface area contributed by atoms with Gasteiger partial charge in [0.2, 0.25) is 0 Å². The average molecular weight is 368 g/mol. The lowest BCUT2D eigenvalue weighted by molar-refractivity contribution is -0.128. The van der Waals surface area contributed by atoms with Crippen molar-refractivity contribution in [3.63, 3.8) is 0 Å². The van der Waals surface area contributed by atoms with Crippen LogP contribution in [0.1, 0.15) is 5.56 Å². The van der Waals surface area contributed by atoms with E-state index in [0.29, 0.717) is 10.8 Å². The Morgan fingerprint density at radius 3 is 2.76 bits per heavy atom. The van der Waals surface area contributed by atoms with Crippen molar-refractivity contribution in [3.05, 3.63) is 63.6 Å². The van der Waals surface area contributed by atoms with Crippen molar-refractivity contribution < 1.29 is 14.3 Å². The summed E-state index contributed by atoms with van der Waals surface area (Å²) in [4.78, 5) is 11.8. The van der Waals surface area contributed by atoms with Crippen molar-refractivity contribution in [2.45, 2.75) is 0 Å². The standard InChI is InChI=1S/C16H12BrClO3/c1-20-13-4-2-3-11(9-13)5-8-16(19)21-15-7-6-12(17)10-14(15)18/h2-10H,1H3. The van der Waals surface area contributed by atoms with Crippen molar-refractivity contribution in [2.24, 2.45) is 0 Å². The van der Waals surface area contributed by atoms with Crippen molar-refractivity contribution in [1.82, 2.24) is 0 Å². The Kier molecular flexibility index (Phi) is 5.42. The molecule has 0 unspecified atom stereocenters. The number of rotatable bonds is 4. The van der Waals surface area contributed by atoms with E-state index < -0.39 is 5.97 Å². The molecular formula is C16H12BrClO3. The van der Waals surface area contributed by atoms with Crippen LogP contribution in [-0.4, -0.2) is 13.1 Å². The zero-order valence-corrected chi connectivity index (χ0v) is 13.5. The van der Waals surface area contributed by atoms with Gasteiger partial charge in [-0.1, -0.05) is 39.7 Å². The highest BCUT2D eigenvalue weighted by Crippen LogP contribution is 2.27. The number of esters is 1.